The molecule has 0 fully saturated rings. The molecule has 25 heavy (non-hydrogen) atoms. The van der Waals surface area contributed by atoms with Gasteiger partial charge in [-0.1, -0.05) is 29.5 Å². The Morgan fingerprint density at radius 3 is 2.60 bits per heavy atom. The first-order valence-electron chi connectivity index (χ1n) is 7.53. The molecule has 0 N–H and O–H groups in total. The molecule has 0 atom stereocenters. The predicted octanol–water partition coefficient (Wildman–Crippen LogP) is 3.54. The van der Waals surface area contributed by atoms with Gasteiger partial charge in [0.1, 0.15) is 5.75 Å². The molecule has 0 aliphatic rings. The van der Waals surface area contributed by atoms with E-state index in [2.05, 4.69) is 0 Å². The Morgan fingerprint density at radius 1 is 1.16 bits per heavy atom. The molecule has 3 aromatic rings. The molecule has 7 heteroatoms. The van der Waals surface area contributed by atoms with Crippen molar-refractivity contribution >= 4 is 37.7 Å². The molecule has 0 radical (unpaired) electrons. The van der Waals surface area contributed by atoms with E-state index in [1.54, 1.807) is 37.4 Å². The fourth-order valence-electron chi connectivity index (χ4n) is 2.57. The lowest BCUT2D eigenvalue weighted by Crippen LogP contribution is -2.20. The van der Waals surface area contributed by atoms with Crippen molar-refractivity contribution in [1.82, 2.24) is 3.97 Å². The number of para-hydroxylation sites is 1. The number of ether oxygens (including phenoxy) is 1. The predicted molar refractivity (Wildman–Crippen MR) is 102 cm³/mol. The molecular weight excluding hydrogens is 358 g/mol. The highest BCUT2D eigenvalue weighted by Gasteiger charge is 2.17. The Bertz CT molecular complexity index is 1140. The topological polar surface area (TPSA) is 65.4 Å². The summed E-state index contributed by atoms with van der Waals surface area (Å²) in [5.74, 6) is 0.690. The first-order chi connectivity index (χ1) is 11.8. The van der Waals surface area contributed by atoms with Crippen LogP contribution in [0.2, 0.25) is 0 Å². The molecule has 0 bridgehead atoms. The summed E-state index contributed by atoms with van der Waals surface area (Å²) in [6.45, 7) is 3.87. The molecule has 1 aromatic heterocycles. The van der Waals surface area contributed by atoms with E-state index in [1.807, 2.05) is 19.9 Å². The van der Waals surface area contributed by atoms with Gasteiger partial charge in [-0.2, -0.15) is 3.97 Å². The van der Waals surface area contributed by atoms with Gasteiger partial charge in [0.05, 0.1) is 22.7 Å². The van der Waals surface area contributed by atoms with E-state index in [-0.39, 0.29) is 0 Å². The summed E-state index contributed by atoms with van der Waals surface area (Å²) in [7, 11) is -2.35. The molecule has 0 aliphatic heterocycles. The highest BCUT2D eigenvalue weighted by atomic mass is 32.2. The lowest BCUT2D eigenvalue weighted by atomic mass is 10.1. The van der Waals surface area contributed by atoms with Gasteiger partial charge < -0.3 is 4.74 Å². The summed E-state index contributed by atoms with van der Waals surface area (Å²) < 4.78 is 32.1. The third-order valence-corrected chi connectivity index (χ3v) is 6.39. The van der Waals surface area contributed by atoms with Gasteiger partial charge in [0.2, 0.25) is 0 Å². The number of hydrogen-bond donors (Lipinski definition) is 0. The molecule has 0 spiro atoms. The van der Waals surface area contributed by atoms with Gasteiger partial charge in [0.25, 0.3) is 10.0 Å². The van der Waals surface area contributed by atoms with Gasteiger partial charge in [-0.05, 0) is 54.8 Å². The summed E-state index contributed by atoms with van der Waals surface area (Å²) in [6.07, 6.45) is 1.48. The number of methoxy groups -OCH3 is 1. The van der Waals surface area contributed by atoms with E-state index >= 15 is 0 Å². The van der Waals surface area contributed by atoms with Gasteiger partial charge in [-0.25, -0.2) is 8.42 Å². The fourth-order valence-corrected chi connectivity index (χ4v) is 4.93. The van der Waals surface area contributed by atoms with Crippen LogP contribution >= 0.6 is 11.3 Å². The molecule has 3 rings (SSSR count). The number of benzene rings is 2. The Balaban J connectivity index is 2.07. The molecule has 0 amide bonds. The first-order valence-corrected chi connectivity index (χ1v) is 9.85. The summed E-state index contributed by atoms with van der Waals surface area (Å²) in [5, 5.41) is 1.05. The van der Waals surface area contributed by atoms with E-state index in [0.717, 1.165) is 31.8 Å². The summed E-state index contributed by atoms with van der Waals surface area (Å²) in [5.41, 5.74) is 3.08. The van der Waals surface area contributed by atoms with Gasteiger partial charge in [0.15, 0.2) is 0 Å². The fraction of sp³-hybridized carbons (Fsp3) is 0.167. The number of aryl methyl sites for hydroxylation is 1. The van der Waals surface area contributed by atoms with Crippen LogP contribution in [0, 0.1) is 13.8 Å². The summed E-state index contributed by atoms with van der Waals surface area (Å²) >= 11 is 0.912. The molecule has 0 unspecified atom stereocenters. The lowest BCUT2D eigenvalue weighted by molar-refractivity contribution is 0.411. The quantitative estimate of drug-likeness (QED) is 0.700. The van der Waals surface area contributed by atoms with Crippen LogP contribution in [0.25, 0.3) is 16.3 Å². The number of rotatable bonds is 4. The average molecular weight is 375 g/mol. The molecule has 130 valence electrons. The Labute approximate surface area is 149 Å². The number of hydrogen-bond acceptors (Lipinski definition) is 5. The van der Waals surface area contributed by atoms with E-state index in [4.69, 9.17) is 4.74 Å². The van der Waals surface area contributed by atoms with Crippen molar-refractivity contribution in [3.8, 4) is 5.75 Å². The molecule has 0 aliphatic carbocycles. The van der Waals surface area contributed by atoms with Crippen LogP contribution in [0.3, 0.4) is 0 Å². The van der Waals surface area contributed by atoms with Crippen molar-refractivity contribution in [2.45, 2.75) is 13.8 Å². The van der Waals surface area contributed by atoms with Crippen LogP contribution < -0.4 is 9.61 Å². The smallest absolute Gasteiger partial charge is 0.322 e. The van der Waals surface area contributed by atoms with Gasteiger partial charge in [-0.15, -0.1) is 0 Å². The maximum absolute atomic E-state index is 12.7. The number of thiazole rings is 1. The summed E-state index contributed by atoms with van der Waals surface area (Å²) in [6, 6.07) is 10.5. The van der Waals surface area contributed by atoms with Crippen LogP contribution in [0.4, 0.5) is 0 Å². The minimum Gasteiger partial charge on any atom is -0.496 e. The molecular formula is C18H17NO4S2. The van der Waals surface area contributed by atoms with E-state index in [9.17, 15) is 13.2 Å². The largest absolute Gasteiger partial charge is 0.496 e. The minimum atomic E-state index is -3.92. The molecule has 1 heterocycles. The minimum absolute atomic E-state index is 0.389. The zero-order chi connectivity index (χ0) is 18.2. The van der Waals surface area contributed by atoms with Crippen molar-refractivity contribution in [3.63, 3.8) is 0 Å². The third kappa shape index (κ3) is 3.25. The summed E-state index contributed by atoms with van der Waals surface area (Å²) in [4.78, 5) is 11.6. The number of fused-ring (bicyclic) bond motifs is 1. The van der Waals surface area contributed by atoms with Crippen LogP contribution in [0.5, 0.6) is 5.75 Å². The van der Waals surface area contributed by atoms with Gasteiger partial charge in [-0.3, -0.25) is 4.79 Å². The highest BCUT2D eigenvalue weighted by molar-refractivity contribution is 7.93. The van der Waals surface area contributed by atoms with Crippen molar-refractivity contribution < 1.29 is 13.2 Å². The van der Waals surface area contributed by atoms with Gasteiger partial charge in [0, 0.05) is 0 Å². The van der Waals surface area contributed by atoms with E-state index in [0.29, 0.717) is 21.5 Å². The van der Waals surface area contributed by atoms with Crippen molar-refractivity contribution in [2.24, 2.45) is 0 Å². The van der Waals surface area contributed by atoms with Crippen LogP contribution in [0.15, 0.2) is 46.6 Å². The number of aromatic nitrogens is 1. The van der Waals surface area contributed by atoms with Gasteiger partial charge >= 0.3 is 4.87 Å². The maximum atomic E-state index is 12.7. The van der Waals surface area contributed by atoms with Crippen LogP contribution in [0.1, 0.15) is 16.7 Å². The first kappa shape index (κ1) is 17.4. The Hall–Kier alpha value is -2.38. The lowest BCUT2D eigenvalue weighted by Gasteiger charge is -2.09. The maximum Gasteiger partial charge on any atom is 0.322 e. The van der Waals surface area contributed by atoms with E-state index in [1.165, 1.54) is 6.08 Å². The second kappa shape index (κ2) is 6.50. The monoisotopic (exact) mass is 375 g/mol. The molecule has 2 aromatic carbocycles. The van der Waals surface area contributed by atoms with Crippen molar-refractivity contribution in [1.29, 1.82) is 0 Å². The molecule has 5 nitrogen and oxygen atoms in total. The second-order valence-corrected chi connectivity index (χ2v) is 8.27. The van der Waals surface area contributed by atoms with Crippen LogP contribution in [-0.2, 0) is 10.0 Å². The Morgan fingerprint density at radius 2 is 1.88 bits per heavy atom. The van der Waals surface area contributed by atoms with E-state index < -0.39 is 14.9 Å². The zero-order valence-electron chi connectivity index (χ0n) is 14.0. The number of nitrogens with zero attached hydrogens (tertiary/aromatic N) is 1. The normalized spacial score (nSPS) is 12.1. The van der Waals surface area contributed by atoms with Crippen LogP contribution in [-0.4, -0.2) is 19.5 Å². The molecule has 0 saturated heterocycles. The SMILES string of the molecule is COc1cc(/C=C/S(=O)(=O)n2c(=O)sc3ccccc32)cc(C)c1C. The average Bonchev–Trinajstić information content (AvgIpc) is 2.92. The molecule has 0 saturated carbocycles. The highest BCUT2D eigenvalue weighted by Crippen LogP contribution is 2.24. The Kier molecular flexibility index (Phi) is 4.53. The standard InChI is InChI=1S/C18H17NO4S2/c1-12-10-14(11-16(23-3)13(12)2)8-9-25(21,22)19-15-6-4-5-7-17(15)24-18(19)20/h4-11H,1-3H3/b9-8+. The second-order valence-electron chi connectivity index (χ2n) is 5.61. The zero-order valence-corrected chi connectivity index (χ0v) is 15.6. The van der Waals surface area contributed by atoms with Crippen molar-refractivity contribution in [2.75, 3.05) is 7.11 Å². The van der Waals surface area contributed by atoms with Crippen molar-refractivity contribution in [3.05, 3.63) is 68.2 Å². The third-order valence-electron chi connectivity index (χ3n) is 4.00.